The van der Waals surface area contributed by atoms with Gasteiger partial charge in [0, 0.05) is 0 Å². The standard InChI is InChI=1S/C57H92O33/c1-20-12-56-9-6-27-53(2,52(78)89-50-44(87-48-40(76)36(72)30(66)23(15-60)81-48)42(32(68)25(17-62)83-50)85-46-38(74)34(70)28(64)21(13-58)79-46)7-5-8-54(27,3)55(56,4)10-11-57(20,19-56)90-51-45(88-49-41(77)37(73)31(67)24(16-61)82-49)43(33(69)26(18-63)84-51)86-47-39(75)35(71)29(65)22(14-59)80-47/h12,21-51,58-77H,5-11,13-19H2,1-4H3/t21?,22?,23?,24?,25?,26?,27?,28?,29?,30?,31?,32?,33?,34?,35?,36?,37?,38?,39?,40?,41?,42?,43?,44?,45?,46?,47?,48?,49?,50?,51?,53-,54-,55+,56-,57+/m1/s1. The van der Waals surface area contributed by atoms with Crippen molar-refractivity contribution >= 4 is 5.97 Å². The molecule has 0 aromatic rings. The summed E-state index contributed by atoms with van der Waals surface area (Å²) in [5.74, 6) is -1.32. The monoisotopic (exact) mass is 1300 g/mol. The predicted octanol–water partition coefficient (Wildman–Crippen LogP) is -9.08. The van der Waals surface area contributed by atoms with Gasteiger partial charge in [-0.3, -0.25) is 4.79 Å². The molecule has 4 aliphatic carbocycles. The summed E-state index contributed by atoms with van der Waals surface area (Å²) in [6.45, 7) is 2.52. The van der Waals surface area contributed by atoms with E-state index < -0.39 is 263 Å². The van der Waals surface area contributed by atoms with Gasteiger partial charge >= 0.3 is 5.97 Å². The Labute approximate surface area is 516 Å². The van der Waals surface area contributed by atoms with Gasteiger partial charge < -0.3 is 159 Å². The Kier molecular flexibility index (Phi) is 21.3. The second-order valence-corrected chi connectivity index (χ2v) is 26.9. The summed E-state index contributed by atoms with van der Waals surface area (Å²) in [5, 5.41) is 215. The van der Waals surface area contributed by atoms with Crippen molar-refractivity contribution in [1.82, 2.24) is 0 Å². The molecule has 10 aliphatic rings. The molecule has 3 saturated carbocycles. The highest BCUT2D eigenvalue weighted by molar-refractivity contribution is 5.77. The molecule has 31 unspecified atom stereocenters. The molecule has 0 amide bonds. The maximum atomic E-state index is 15.5. The lowest BCUT2D eigenvalue weighted by molar-refractivity contribution is -0.401. The number of hydrogen-bond acceptors (Lipinski definition) is 33. The number of aliphatic hydroxyl groups excluding tert-OH is 20. The minimum atomic E-state index is -2.08. The molecule has 90 heavy (non-hydrogen) atoms. The van der Waals surface area contributed by atoms with Gasteiger partial charge in [0.25, 0.3) is 0 Å². The normalized spacial score (nSPS) is 54.8. The lowest BCUT2D eigenvalue weighted by Gasteiger charge is -2.69. The first-order chi connectivity index (χ1) is 42.5. The van der Waals surface area contributed by atoms with E-state index in [1.807, 2.05) is 6.92 Å². The SMILES string of the molecule is CC1=C[C@@]23CCC4[C@](C)(C(=O)OC5OC(CO)C(O)C(OC6OC(CO)C(O)C(O)C6O)C5OC5OC(CO)C(O)C(O)C5O)CCC[C@@]4(C)[C@]2(C)CC[C@]1(OC1OC(CO)C(O)C(OC2OC(CO)C(O)C(O)C2O)C1OC1OC(CO)C(O)C(O)C1O)C3. The van der Waals surface area contributed by atoms with E-state index in [1.165, 1.54) is 0 Å². The van der Waals surface area contributed by atoms with Gasteiger partial charge in [0.1, 0.15) is 140 Å². The van der Waals surface area contributed by atoms with Crippen LogP contribution in [-0.2, 0) is 61.6 Å². The second kappa shape index (κ2) is 27.1. The molecule has 33 nitrogen and oxygen atoms in total. The summed E-state index contributed by atoms with van der Waals surface area (Å²) < 4.78 is 73.2. The lowest BCUT2D eigenvalue weighted by atomic mass is 9.35. The van der Waals surface area contributed by atoms with Crippen LogP contribution >= 0.6 is 0 Å². The molecular formula is C57H92O33. The summed E-state index contributed by atoms with van der Waals surface area (Å²) in [7, 11) is 0. The van der Waals surface area contributed by atoms with Gasteiger partial charge in [-0.05, 0) is 86.5 Å². The molecule has 2 bridgehead atoms. The van der Waals surface area contributed by atoms with Crippen molar-refractivity contribution in [3.05, 3.63) is 11.6 Å². The minimum absolute atomic E-state index is 0.252. The fourth-order valence-corrected chi connectivity index (χ4v) is 16.6. The highest BCUT2D eigenvalue weighted by Crippen LogP contribution is 2.77. The van der Waals surface area contributed by atoms with E-state index in [0.29, 0.717) is 32.1 Å². The van der Waals surface area contributed by atoms with Gasteiger partial charge in [0.05, 0.1) is 50.7 Å². The number of carbonyl (C=O) groups excluding carboxylic acids is 1. The third-order valence-electron chi connectivity index (χ3n) is 22.2. The molecule has 6 saturated heterocycles. The topological polar surface area (TPSA) is 532 Å². The second-order valence-electron chi connectivity index (χ2n) is 26.9. The maximum absolute atomic E-state index is 15.5. The molecule has 0 radical (unpaired) electrons. The first-order valence-corrected chi connectivity index (χ1v) is 30.8. The quantitative estimate of drug-likeness (QED) is 0.0344. The highest BCUT2D eigenvalue weighted by Gasteiger charge is 2.73. The Bertz CT molecular complexity index is 2460. The van der Waals surface area contributed by atoms with Gasteiger partial charge in [0.15, 0.2) is 37.6 Å². The van der Waals surface area contributed by atoms with Crippen LogP contribution in [0.5, 0.6) is 0 Å². The molecule has 20 N–H and O–H groups in total. The molecule has 0 aromatic heterocycles. The van der Waals surface area contributed by atoms with Crippen molar-refractivity contribution in [3.8, 4) is 0 Å². The average Bonchev–Trinajstić information content (AvgIpc) is 1.29. The summed E-state index contributed by atoms with van der Waals surface area (Å²) in [5.41, 5.74) is -3.97. The summed E-state index contributed by atoms with van der Waals surface area (Å²) in [4.78, 5) is 15.5. The predicted molar refractivity (Wildman–Crippen MR) is 289 cm³/mol. The Hall–Kier alpha value is -2.03. The van der Waals surface area contributed by atoms with Crippen molar-refractivity contribution in [3.63, 3.8) is 0 Å². The van der Waals surface area contributed by atoms with Crippen LogP contribution in [-0.4, -0.2) is 338 Å². The number of rotatable bonds is 18. The van der Waals surface area contributed by atoms with Crippen LogP contribution in [0.25, 0.3) is 0 Å². The average molecular weight is 1310 g/mol. The van der Waals surface area contributed by atoms with Gasteiger partial charge in [-0.1, -0.05) is 26.3 Å². The van der Waals surface area contributed by atoms with Gasteiger partial charge in [-0.2, -0.15) is 0 Å². The number of fused-ring (bicyclic) bond motifs is 3. The van der Waals surface area contributed by atoms with E-state index in [9.17, 15) is 102 Å². The largest absolute Gasteiger partial charge is 0.432 e. The lowest BCUT2D eigenvalue weighted by Crippen LogP contribution is -2.68. The fraction of sp³-hybridized carbons (Fsp3) is 0.947. The molecule has 0 aromatic carbocycles. The van der Waals surface area contributed by atoms with Crippen LogP contribution in [0.15, 0.2) is 11.6 Å². The van der Waals surface area contributed by atoms with Crippen LogP contribution < -0.4 is 0 Å². The molecule has 9 fully saturated rings. The molecule has 518 valence electrons. The van der Waals surface area contributed by atoms with Gasteiger partial charge in [-0.25, -0.2) is 0 Å². The minimum Gasteiger partial charge on any atom is -0.432 e. The van der Waals surface area contributed by atoms with Crippen molar-refractivity contribution < 1.29 is 164 Å². The van der Waals surface area contributed by atoms with Crippen LogP contribution in [0.3, 0.4) is 0 Å². The Balaban J connectivity index is 0.936. The zero-order chi connectivity index (χ0) is 65.6. The van der Waals surface area contributed by atoms with Gasteiger partial charge in [0.2, 0.25) is 6.29 Å². The summed E-state index contributed by atoms with van der Waals surface area (Å²) in [6.07, 6.45) is -50.3. The number of aliphatic hydroxyl groups is 20. The van der Waals surface area contributed by atoms with Crippen LogP contribution in [0.1, 0.15) is 79.1 Å². The number of carbonyl (C=O) groups is 1. The van der Waals surface area contributed by atoms with E-state index in [1.54, 1.807) is 6.92 Å². The Morgan fingerprint density at radius 1 is 0.433 bits per heavy atom. The molecular weight excluding hydrogens is 1210 g/mol. The van der Waals surface area contributed by atoms with Crippen LogP contribution in [0, 0.1) is 27.6 Å². The molecule has 33 heteroatoms. The third kappa shape index (κ3) is 11.8. The van der Waals surface area contributed by atoms with Crippen molar-refractivity contribution in [2.45, 2.75) is 269 Å². The maximum Gasteiger partial charge on any atom is 0.314 e. The number of allylic oxidation sites excluding steroid dienone is 1. The first kappa shape index (κ1) is 70.8. The van der Waals surface area contributed by atoms with E-state index in [0.717, 1.165) is 5.57 Å². The van der Waals surface area contributed by atoms with E-state index in [4.69, 9.17) is 56.8 Å². The summed E-state index contributed by atoms with van der Waals surface area (Å²) >= 11 is 0. The zero-order valence-corrected chi connectivity index (χ0v) is 50.1. The highest BCUT2D eigenvalue weighted by atomic mass is 16.8. The summed E-state index contributed by atoms with van der Waals surface area (Å²) in [6, 6.07) is 0. The first-order valence-electron chi connectivity index (χ1n) is 30.8. The number of esters is 1. The molecule has 6 aliphatic heterocycles. The Morgan fingerprint density at radius 3 is 1.19 bits per heavy atom. The van der Waals surface area contributed by atoms with Crippen LogP contribution in [0.2, 0.25) is 0 Å². The van der Waals surface area contributed by atoms with Gasteiger partial charge in [-0.15, -0.1) is 0 Å². The molecule has 1 spiro atoms. The zero-order valence-electron chi connectivity index (χ0n) is 50.1. The molecule has 36 atom stereocenters. The van der Waals surface area contributed by atoms with Crippen molar-refractivity contribution in [1.29, 1.82) is 0 Å². The van der Waals surface area contributed by atoms with E-state index in [2.05, 4.69) is 19.9 Å². The van der Waals surface area contributed by atoms with E-state index in [-0.39, 0.29) is 19.3 Å². The van der Waals surface area contributed by atoms with Crippen molar-refractivity contribution in [2.75, 3.05) is 39.6 Å². The van der Waals surface area contributed by atoms with Crippen LogP contribution in [0.4, 0.5) is 0 Å². The molecule has 6 heterocycles. The smallest absolute Gasteiger partial charge is 0.314 e. The fourth-order valence-electron chi connectivity index (χ4n) is 16.6. The van der Waals surface area contributed by atoms with E-state index >= 15 is 4.79 Å². The number of ether oxygens (including phenoxy) is 12. The number of hydrogen-bond donors (Lipinski definition) is 20. The molecule has 10 rings (SSSR count). The third-order valence-corrected chi connectivity index (χ3v) is 22.2. The Morgan fingerprint density at radius 2 is 0.789 bits per heavy atom. The van der Waals surface area contributed by atoms with Crippen molar-refractivity contribution in [2.24, 2.45) is 27.6 Å².